The molecule has 0 heterocycles. The second-order valence-corrected chi connectivity index (χ2v) is 4.83. The van der Waals surface area contributed by atoms with Crippen LogP contribution in [0.25, 0.3) is 0 Å². The van der Waals surface area contributed by atoms with E-state index in [2.05, 4.69) is 5.32 Å². The minimum atomic E-state index is -0.943. The molecule has 0 saturated heterocycles. The van der Waals surface area contributed by atoms with E-state index in [0.29, 0.717) is 23.6 Å². The quantitative estimate of drug-likeness (QED) is 0.783. The fourth-order valence-corrected chi connectivity index (χ4v) is 2.09. The van der Waals surface area contributed by atoms with Gasteiger partial charge in [0.25, 0.3) is 0 Å². The summed E-state index contributed by atoms with van der Waals surface area (Å²) in [4.78, 5) is 10.6. The van der Waals surface area contributed by atoms with Gasteiger partial charge in [-0.15, -0.1) is 0 Å². The first-order chi connectivity index (χ1) is 11.1. The number of nitrogens with one attached hydrogen (secondary N) is 1. The van der Waals surface area contributed by atoms with E-state index >= 15 is 0 Å². The average Bonchev–Trinajstić information content (AvgIpc) is 2.54. The molecular weight excluding hydrogens is 301 g/mol. The van der Waals surface area contributed by atoms with Crippen LogP contribution in [-0.2, 0) is 17.9 Å². The molecule has 6 heteroatoms. The molecule has 0 unspecified atom stereocenters. The Hall–Kier alpha value is -2.60. The number of carboxylic acids is 1. The molecule has 0 saturated carbocycles. The van der Waals surface area contributed by atoms with Crippen molar-refractivity contribution in [1.82, 2.24) is 5.32 Å². The predicted molar refractivity (Wildman–Crippen MR) is 83.1 cm³/mol. The molecule has 0 atom stereocenters. The second-order valence-electron chi connectivity index (χ2n) is 4.83. The van der Waals surface area contributed by atoms with E-state index in [0.717, 1.165) is 5.56 Å². The molecule has 0 bridgehead atoms. The maximum Gasteiger partial charge on any atom is 0.317 e. The van der Waals surface area contributed by atoms with Crippen LogP contribution >= 0.6 is 0 Å². The van der Waals surface area contributed by atoms with E-state index in [-0.39, 0.29) is 19.0 Å². The van der Waals surface area contributed by atoms with Gasteiger partial charge in [-0.1, -0.05) is 30.3 Å². The summed E-state index contributed by atoms with van der Waals surface area (Å²) in [6.45, 7) is 0.193. The number of ether oxygens (including phenoxy) is 2. The maximum atomic E-state index is 13.7. The molecule has 2 aromatic carbocycles. The zero-order valence-corrected chi connectivity index (χ0v) is 12.7. The third-order valence-electron chi connectivity index (χ3n) is 3.20. The number of carboxylic acid groups (broad SMARTS) is 1. The maximum absolute atomic E-state index is 13.7. The van der Waals surface area contributed by atoms with Gasteiger partial charge in [0.05, 0.1) is 13.7 Å². The Morgan fingerprint density at radius 3 is 2.61 bits per heavy atom. The van der Waals surface area contributed by atoms with Crippen LogP contribution in [0.15, 0.2) is 42.5 Å². The Morgan fingerprint density at radius 2 is 1.91 bits per heavy atom. The van der Waals surface area contributed by atoms with E-state index in [4.69, 9.17) is 14.6 Å². The van der Waals surface area contributed by atoms with Gasteiger partial charge in [0.2, 0.25) is 0 Å². The summed E-state index contributed by atoms with van der Waals surface area (Å²) in [6.07, 6.45) is 0. The monoisotopic (exact) mass is 319 g/mol. The first-order valence-electron chi connectivity index (χ1n) is 7.06. The number of aliphatic carboxylic acids is 1. The average molecular weight is 319 g/mol. The fraction of sp³-hybridized carbons (Fsp3) is 0.235. The van der Waals surface area contributed by atoms with Crippen molar-refractivity contribution in [1.29, 1.82) is 0 Å². The molecule has 0 spiro atoms. The van der Waals surface area contributed by atoms with E-state index in [9.17, 15) is 9.18 Å². The first kappa shape index (κ1) is 16.8. The van der Waals surface area contributed by atoms with Crippen LogP contribution in [0.3, 0.4) is 0 Å². The van der Waals surface area contributed by atoms with Crippen molar-refractivity contribution in [2.45, 2.75) is 13.2 Å². The molecule has 2 N–H and O–H groups in total. The highest BCUT2D eigenvalue weighted by atomic mass is 19.1. The number of para-hydroxylation sites is 1. The number of rotatable bonds is 8. The van der Waals surface area contributed by atoms with Crippen molar-refractivity contribution in [3.8, 4) is 11.5 Å². The fourth-order valence-electron chi connectivity index (χ4n) is 2.09. The van der Waals surface area contributed by atoms with E-state index in [1.54, 1.807) is 36.4 Å². The third-order valence-corrected chi connectivity index (χ3v) is 3.20. The number of hydrogen-bond donors (Lipinski definition) is 2. The molecule has 122 valence electrons. The molecule has 0 aliphatic carbocycles. The largest absolute Gasteiger partial charge is 0.493 e. The van der Waals surface area contributed by atoms with Gasteiger partial charge in [-0.25, -0.2) is 4.39 Å². The third kappa shape index (κ3) is 4.69. The molecule has 23 heavy (non-hydrogen) atoms. The molecule has 2 aromatic rings. The van der Waals surface area contributed by atoms with Crippen molar-refractivity contribution in [3.05, 3.63) is 59.4 Å². The molecule has 0 aromatic heterocycles. The van der Waals surface area contributed by atoms with Crippen molar-refractivity contribution in [3.63, 3.8) is 0 Å². The minimum Gasteiger partial charge on any atom is -0.493 e. The zero-order valence-electron chi connectivity index (χ0n) is 12.7. The van der Waals surface area contributed by atoms with Crippen molar-refractivity contribution >= 4 is 5.97 Å². The standard InChI is InChI=1S/C17H18FNO4/c1-22-15-8-4-6-12(9-19-10-16(20)21)17(15)23-11-13-5-2-3-7-14(13)18/h2-8,19H,9-11H2,1H3,(H,20,21). The van der Waals surface area contributed by atoms with Crippen LogP contribution in [-0.4, -0.2) is 24.7 Å². The van der Waals surface area contributed by atoms with Crippen LogP contribution in [0.5, 0.6) is 11.5 Å². The molecule has 0 aliphatic rings. The van der Waals surface area contributed by atoms with Gasteiger partial charge in [0.1, 0.15) is 12.4 Å². The van der Waals surface area contributed by atoms with E-state index in [1.807, 2.05) is 0 Å². The highest BCUT2D eigenvalue weighted by Gasteiger charge is 2.12. The van der Waals surface area contributed by atoms with Gasteiger partial charge in [-0.2, -0.15) is 0 Å². The smallest absolute Gasteiger partial charge is 0.317 e. The van der Waals surface area contributed by atoms with Crippen LogP contribution in [0.1, 0.15) is 11.1 Å². The van der Waals surface area contributed by atoms with Gasteiger partial charge < -0.3 is 19.9 Å². The van der Waals surface area contributed by atoms with Crippen molar-refractivity contribution in [2.75, 3.05) is 13.7 Å². The summed E-state index contributed by atoms with van der Waals surface area (Å²) >= 11 is 0. The molecular formula is C17H18FNO4. The van der Waals surface area contributed by atoms with Gasteiger partial charge in [-0.05, 0) is 12.1 Å². The summed E-state index contributed by atoms with van der Waals surface area (Å²) in [5.41, 5.74) is 1.17. The Kier molecular flexibility index (Phi) is 5.94. The van der Waals surface area contributed by atoms with Crippen molar-refractivity contribution < 1.29 is 23.8 Å². The zero-order chi connectivity index (χ0) is 16.7. The van der Waals surface area contributed by atoms with Gasteiger partial charge in [0.15, 0.2) is 11.5 Å². The lowest BCUT2D eigenvalue weighted by Crippen LogP contribution is -2.22. The van der Waals surface area contributed by atoms with E-state index < -0.39 is 5.97 Å². The lowest BCUT2D eigenvalue weighted by molar-refractivity contribution is -0.136. The van der Waals surface area contributed by atoms with E-state index in [1.165, 1.54) is 13.2 Å². The summed E-state index contributed by atoms with van der Waals surface area (Å²) in [7, 11) is 1.51. The van der Waals surface area contributed by atoms with Crippen LogP contribution < -0.4 is 14.8 Å². The summed E-state index contributed by atoms with van der Waals surface area (Å²) in [5, 5.41) is 11.5. The van der Waals surface area contributed by atoms with Gasteiger partial charge >= 0.3 is 5.97 Å². The summed E-state index contributed by atoms with van der Waals surface area (Å²) in [6, 6.07) is 11.7. The molecule has 0 amide bonds. The molecule has 0 aliphatic heterocycles. The number of benzene rings is 2. The van der Waals surface area contributed by atoms with Crippen LogP contribution in [0.2, 0.25) is 0 Å². The first-order valence-corrected chi connectivity index (χ1v) is 7.06. The summed E-state index contributed by atoms with van der Waals surface area (Å²) < 4.78 is 24.7. The Labute approximate surface area is 133 Å². The lowest BCUT2D eigenvalue weighted by atomic mass is 10.1. The highest BCUT2D eigenvalue weighted by molar-refractivity contribution is 5.69. The topological polar surface area (TPSA) is 67.8 Å². The van der Waals surface area contributed by atoms with Crippen molar-refractivity contribution in [2.24, 2.45) is 0 Å². The Morgan fingerprint density at radius 1 is 1.17 bits per heavy atom. The molecule has 5 nitrogen and oxygen atoms in total. The SMILES string of the molecule is COc1cccc(CNCC(=O)O)c1OCc1ccccc1F. The summed E-state index contributed by atoms with van der Waals surface area (Å²) in [5.74, 6) is -0.304. The van der Waals surface area contributed by atoms with Gasteiger partial charge in [-0.3, -0.25) is 4.79 Å². The van der Waals surface area contributed by atoms with Crippen LogP contribution in [0.4, 0.5) is 4.39 Å². The highest BCUT2D eigenvalue weighted by Crippen LogP contribution is 2.32. The second kappa shape index (κ2) is 8.14. The number of halogens is 1. The van der Waals surface area contributed by atoms with Crippen LogP contribution in [0, 0.1) is 5.82 Å². The lowest BCUT2D eigenvalue weighted by Gasteiger charge is -2.15. The van der Waals surface area contributed by atoms with Gasteiger partial charge in [0, 0.05) is 17.7 Å². The molecule has 2 rings (SSSR count). The normalized spacial score (nSPS) is 10.3. The number of carbonyl (C=O) groups is 1. The Bertz CT molecular complexity index is 675. The Balaban J connectivity index is 2.14. The minimum absolute atomic E-state index is 0.0545. The molecule has 0 fully saturated rings. The molecule has 0 radical (unpaired) electrons. The number of methoxy groups -OCH3 is 1. The number of hydrogen-bond acceptors (Lipinski definition) is 4. The predicted octanol–water partition coefficient (Wildman–Crippen LogP) is 2.59.